The van der Waals surface area contributed by atoms with E-state index in [1.807, 2.05) is 97.1 Å². The maximum Gasteiger partial charge on any atom is 0.359 e. The first kappa shape index (κ1) is 16.6. The Bertz CT molecular complexity index is 936. The molecule has 0 saturated heterocycles. The molecule has 0 aliphatic carbocycles. The van der Waals surface area contributed by atoms with Crippen molar-refractivity contribution in [3.05, 3.63) is 97.1 Å². The molecule has 0 spiro atoms. The molecule has 0 aliphatic heterocycles. The van der Waals surface area contributed by atoms with Gasteiger partial charge in [0.2, 0.25) is 0 Å². The summed E-state index contributed by atoms with van der Waals surface area (Å²) in [6, 6.07) is 31.0. The van der Waals surface area contributed by atoms with Crippen LogP contribution in [0.5, 0.6) is 0 Å². The second kappa shape index (κ2) is 7.20. The molecule has 0 saturated carbocycles. The maximum absolute atomic E-state index is 10.9. The van der Waals surface area contributed by atoms with E-state index < -0.39 is 13.8 Å². The van der Waals surface area contributed by atoms with Crippen LogP contribution in [0.2, 0.25) is 0 Å². The molecule has 0 unspecified atom stereocenters. The highest BCUT2D eigenvalue weighted by molar-refractivity contribution is 6.83. The Balaban J connectivity index is 1.84. The molecule has 4 aromatic rings. The van der Waals surface area contributed by atoms with Crippen LogP contribution in [0.25, 0.3) is 10.8 Å². The summed E-state index contributed by atoms with van der Waals surface area (Å²) in [6.07, 6.45) is 0. The van der Waals surface area contributed by atoms with Gasteiger partial charge in [-0.3, -0.25) is 0 Å². The van der Waals surface area contributed by atoms with Crippen LogP contribution < -0.4 is 21.9 Å². The van der Waals surface area contributed by atoms with Crippen LogP contribution in [0.15, 0.2) is 97.1 Å². The van der Waals surface area contributed by atoms with Crippen LogP contribution in [0.4, 0.5) is 0 Å². The van der Waals surface area contributed by atoms with Crippen molar-refractivity contribution in [1.29, 1.82) is 0 Å². The molecule has 0 atom stereocenters. The van der Waals surface area contributed by atoms with Gasteiger partial charge in [-0.15, -0.1) is 0 Å². The lowest BCUT2D eigenvalue weighted by molar-refractivity contribution is 0.599. The van der Waals surface area contributed by atoms with Crippen LogP contribution in [0, 0.1) is 0 Å². The van der Waals surface area contributed by atoms with E-state index in [1.165, 1.54) is 0 Å². The normalized spacial score (nSPS) is 10.7. The van der Waals surface area contributed by atoms with E-state index in [4.69, 9.17) is 0 Å². The Morgan fingerprint density at radius 1 is 0.423 bits per heavy atom. The monoisotopic (exact) mass is 336 g/mol. The number of fused-ring (bicyclic) bond motifs is 1. The summed E-state index contributed by atoms with van der Waals surface area (Å²) in [5, 5.41) is 23.7. The molecule has 0 fully saturated rings. The third kappa shape index (κ3) is 3.05. The first-order valence-corrected chi connectivity index (χ1v) is 8.73. The van der Waals surface area contributed by atoms with Crippen molar-refractivity contribution in [1.82, 2.24) is 0 Å². The van der Waals surface area contributed by atoms with Gasteiger partial charge in [0.1, 0.15) is 0 Å². The van der Waals surface area contributed by atoms with Gasteiger partial charge in [0.05, 0.1) is 0 Å². The van der Waals surface area contributed by atoms with Crippen molar-refractivity contribution in [2.45, 2.75) is 0 Å². The molecule has 0 radical (unpaired) electrons. The molecular formula is C22H18B2O2. The molecule has 26 heavy (non-hydrogen) atoms. The molecular weight excluding hydrogens is 318 g/mol. The summed E-state index contributed by atoms with van der Waals surface area (Å²) >= 11 is 0. The fourth-order valence-corrected chi connectivity index (χ4v) is 3.45. The molecule has 0 aliphatic rings. The fraction of sp³-hybridized carbons (Fsp3) is 0. The molecule has 2 nitrogen and oxygen atoms in total. The standard InChI is InChI=1S/C22H18B2O2/c25-23(17-9-3-1-4-10-17)21-15-16-22(20-14-8-7-13-19(20)21)24(26)18-11-5-2-6-12-18/h1-16,25-26H. The number of hydrogen-bond acceptors (Lipinski definition) is 2. The lowest BCUT2D eigenvalue weighted by atomic mass is 9.51. The Morgan fingerprint density at radius 2 is 0.769 bits per heavy atom. The van der Waals surface area contributed by atoms with Crippen LogP contribution >= 0.6 is 0 Å². The Hall–Kier alpha value is -2.81. The van der Waals surface area contributed by atoms with Crippen molar-refractivity contribution < 1.29 is 10.0 Å². The van der Waals surface area contributed by atoms with Crippen LogP contribution in [-0.2, 0) is 0 Å². The third-order valence-electron chi connectivity index (χ3n) is 4.81. The summed E-state index contributed by atoms with van der Waals surface area (Å²) in [6.45, 7) is -1.41. The molecule has 124 valence electrons. The highest BCUT2D eigenvalue weighted by atomic mass is 16.2. The minimum absolute atomic E-state index is 0.705. The van der Waals surface area contributed by atoms with Gasteiger partial charge >= 0.3 is 13.8 Å². The SMILES string of the molecule is OB(c1ccccc1)c1ccc(B(O)c2ccccc2)c2ccccc12. The largest absolute Gasteiger partial charge is 0.443 e. The summed E-state index contributed by atoms with van der Waals surface area (Å²) in [4.78, 5) is 0. The van der Waals surface area contributed by atoms with Crippen molar-refractivity contribution in [2.75, 3.05) is 0 Å². The minimum Gasteiger partial charge on any atom is -0.443 e. The second-order valence-corrected chi connectivity index (χ2v) is 6.42. The first-order valence-electron chi connectivity index (χ1n) is 8.73. The lowest BCUT2D eigenvalue weighted by Gasteiger charge is -2.16. The lowest BCUT2D eigenvalue weighted by Crippen LogP contribution is -2.46. The quantitative estimate of drug-likeness (QED) is 0.547. The number of benzene rings is 4. The second-order valence-electron chi connectivity index (χ2n) is 6.42. The van der Waals surface area contributed by atoms with E-state index >= 15 is 0 Å². The smallest absolute Gasteiger partial charge is 0.359 e. The maximum atomic E-state index is 10.9. The van der Waals surface area contributed by atoms with Crippen LogP contribution in [-0.4, -0.2) is 23.9 Å². The molecule has 4 heteroatoms. The van der Waals surface area contributed by atoms with Gasteiger partial charge < -0.3 is 10.0 Å². The topological polar surface area (TPSA) is 40.5 Å². The zero-order valence-corrected chi connectivity index (χ0v) is 14.3. The predicted molar refractivity (Wildman–Crippen MR) is 111 cm³/mol. The molecule has 0 bridgehead atoms. The van der Waals surface area contributed by atoms with Gasteiger partial charge in [-0.25, -0.2) is 0 Å². The van der Waals surface area contributed by atoms with Gasteiger partial charge in [-0.1, -0.05) is 97.1 Å². The Morgan fingerprint density at radius 3 is 1.15 bits per heavy atom. The van der Waals surface area contributed by atoms with Crippen LogP contribution in [0.3, 0.4) is 0 Å². The molecule has 4 aromatic carbocycles. The average molecular weight is 336 g/mol. The zero-order chi connectivity index (χ0) is 17.9. The Labute approximate surface area is 154 Å². The molecule has 0 aromatic heterocycles. The predicted octanol–water partition coefficient (Wildman–Crippen LogP) is 1.04. The van der Waals surface area contributed by atoms with E-state index in [1.54, 1.807) is 0 Å². The van der Waals surface area contributed by atoms with E-state index in [9.17, 15) is 10.0 Å². The zero-order valence-electron chi connectivity index (χ0n) is 14.3. The summed E-state index contributed by atoms with van der Waals surface area (Å²) in [7, 11) is 0. The third-order valence-corrected chi connectivity index (χ3v) is 4.81. The van der Waals surface area contributed by atoms with E-state index in [-0.39, 0.29) is 0 Å². The van der Waals surface area contributed by atoms with Crippen molar-refractivity contribution in [3.8, 4) is 0 Å². The average Bonchev–Trinajstić information content (AvgIpc) is 2.73. The molecule has 4 rings (SSSR count). The van der Waals surface area contributed by atoms with Crippen molar-refractivity contribution >= 4 is 46.5 Å². The highest BCUT2D eigenvalue weighted by Gasteiger charge is 2.24. The summed E-state index contributed by atoms with van der Waals surface area (Å²) in [5.74, 6) is 0. The van der Waals surface area contributed by atoms with Crippen molar-refractivity contribution in [3.63, 3.8) is 0 Å². The molecule has 0 amide bonds. The fourth-order valence-electron chi connectivity index (χ4n) is 3.45. The van der Waals surface area contributed by atoms with Crippen LogP contribution in [0.1, 0.15) is 0 Å². The number of hydrogen-bond donors (Lipinski definition) is 2. The summed E-state index contributed by atoms with van der Waals surface area (Å²) < 4.78 is 0. The van der Waals surface area contributed by atoms with Gasteiger partial charge in [-0.2, -0.15) is 0 Å². The van der Waals surface area contributed by atoms with E-state index in [2.05, 4.69) is 0 Å². The van der Waals surface area contributed by atoms with E-state index in [0.29, 0.717) is 0 Å². The van der Waals surface area contributed by atoms with E-state index in [0.717, 1.165) is 32.6 Å². The van der Waals surface area contributed by atoms with Gasteiger partial charge in [-0.05, 0) is 32.6 Å². The minimum atomic E-state index is -0.705. The van der Waals surface area contributed by atoms with Crippen molar-refractivity contribution in [2.24, 2.45) is 0 Å². The Kier molecular flexibility index (Phi) is 4.61. The number of rotatable bonds is 4. The molecule has 2 N–H and O–H groups in total. The van der Waals surface area contributed by atoms with Gasteiger partial charge in [0.25, 0.3) is 0 Å². The van der Waals surface area contributed by atoms with Gasteiger partial charge in [0, 0.05) is 0 Å². The first-order chi connectivity index (χ1) is 12.8. The summed E-state index contributed by atoms with van der Waals surface area (Å²) in [5.41, 5.74) is 3.40. The van der Waals surface area contributed by atoms with Gasteiger partial charge in [0.15, 0.2) is 0 Å². The highest BCUT2D eigenvalue weighted by Crippen LogP contribution is 2.11. The molecule has 0 heterocycles.